The fourth-order valence-corrected chi connectivity index (χ4v) is 4.82. The van der Waals surface area contributed by atoms with E-state index in [1.807, 2.05) is 24.3 Å². The molecule has 2 aromatic carbocycles. The Hall–Kier alpha value is -2.71. The van der Waals surface area contributed by atoms with Gasteiger partial charge in [-0.15, -0.1) is 0 Å². The van der Waals surface area contributed by atoms with Crippen molar-refractivity contribution in [1.29, 1.82) is 0 Å². The van der Waals surface area contributed by atoms with Gasteiger partial charge in [0.05, 0.1) is 16.1 Å². The summed E-state index contributed by atoms with van der Waals surface area (Å²) < 4.78 is 42.8. The minimum atomic E-state index is -4.55. The van der Waals surface area contributed by atoms with Gasteiger partial charge in [0.1, 0.15) is 5.82 Å². The number of amides is 1. The average Bonchev–Trinajstić information content (AvgIpc) is 3.23. The Bertz CT molecular complexity index is 1230. The molecule has 0 saturated heterocycles. The Morgan fingerprint density at radius 3 is 2.64 bits per heavy atom. The molecule has 172 valence electrons. The highest BCUT2D eigenvalue weighted by atomic mass is 35.5. The third kappa shape index (κ3) is 4.06. The van der Waals surface area contributed by atoms with Crippen LogP contribution in [-0.2, 0) is 6.42 Å². The maximum absolute atomic E-state index is 14.0. The molecule has 0 unspecified atom stereocenters. The lowest BCUT2D eigenvalue weighted by atomic mass is 9.97. The van der Waals surface area contributed by atoms with Gasteiger partial charge in [-0.25, -0.2) is 4.68 Å². The normalized spacial score (nSPS) is 20.1. The van der Waals surface area contributed by atoms with Gasteiger partial charge < -0.3 is 10.2 Å². The van der Waals surface area contributed by atoms with E-state index in [0.29, 0.717) is 17.1 Å². The van der Waals surface area contributed by atoms with E-state index in [0.717, 1.165) is 28.8 Å². The Kier molecular flexibility index (Phi) is 5.53. The van der Waals surface area contributed by atoms with Gasteiger partial charge in [0.2, 0.25) is 0 Å². The molecule has 0 fully saturated rings. The van der Waals surface area contributed by atoms with Crippen molar-refractivity contribution in [3.8, 4) is 0 Å². The second kappa shape index (κ2) is 8.25. The predicted octanol–water partition coefficient (Wildman–Crippen LogP) is 6.44. The Balaban J connectivity index is 1.50. The Labute approximate surface area is 198 Å². The minimum Gasteiger partial charge on any atom is -0.363 e. The lowest BCUT2D eigenvalue weighted by Crippen LogP contribution is -2.37. The van der Waals surface area contributed by atoms with Crippen LogP contribution in [0.15, 0.2) is 48.5 Å². The first-order valence-electron chi connectivity index (χ1n) is 10.5. The summed E-state index contributed by atoms with van der Waals surface area (Å²) in [4.78, 5) is 14.9. The van der Waals surface area contributed by atoms with Gasteiger partial charge in [0.15, 0.2) is 11.7 Å². The average molecular weight is 495 g/mol. The van der Waals surface area contributed by atoms with Gasteiger partial charge >= 0.3 is 6.18 Å². The van der Waals surface area contributed by atoms with Crippen molar-refractivity contribution in [2.75, 3.05) is 16.8 Å². The van der Waals surface area contributed by atoms with Crippen LogP contribution in [0.5, 0.6) is 0 Å². The molecule has 0 bridgehead atoms. The first-order valence-corrected chi connectivity index (χ1v) is 11.3. The van der Waals surface area contributed by atoms with Crippen LogP contribution in [0, 0.1) is 0 Å². The summed E-state index contributed by atoms with van der Waals surface area (Å²) in [5.74, 6) is -0.286. The summed E-state index contributed by atoms with van der Waals surface area (Å²) in [6.07, 6.45) is -3.21. The van der Waals surface area contributed by atoms with Gasteiger partial charge in [0.25, 0.3) is 5.91 Å². The van der Waals surface area contributed by atoms with Crippen molar-refractivity contribution in [2.45, 2.75) is 37.5 Å². The third-order valence-corrected chi connectivity index (χ3v) is 6.85. The number of carbonyl (C=O) groups is 1. The first-order chi connectivity index (χ1) is 15.7. The number of carbonyl (C=O) groups excluding carboxylic acids is 1. The number of anilines is 2. The summed E-state index contributed by atoms with van der Waals surface area (Å²) in [7, 11) is 0. The maximum Gasteiger partial charge on any atom is 0.410 e. The number of nitrogens with one attached hydrogen (secondary N) is 1. The van der Waals surface area contributed by atoms with Crippen LogP contribution in [0.2, 0.25) is 10.0 Å². The van der Waals surface area contributed by atoms with E-state index in [4.69, 9.17) is 23.2 Å². The number of hydrogen-bond donors (Lipinski definition) is 1. The number of hydrogen-bond acceptors (Lipinski definition) is 3. The van der Waals surface area contributed by atoms with E-state index in [9.17, 15) is 18.0 Å². The highest BCUT2D eigenvalue weighted by Gasteiger charge is 2.47. The molecule has 3 heterocycles. The van der Waals surface area contributed by atoms with Gasteiger partial charge in [-0.2, -0.15) is 18.3 Å². The van der Waals surface area contributed by atoms with Crippen LogP contribution in [0.3, 0.4) is 0 Å². The van der Waals surface area contributed by atoms with E-state index in [-0.39, 0.29) is 23.0 Å². The summed E-state index contributed by atoms with van der Waals surface area (Å²) in [5.41, 5.74) is 2.35. The fraction of sp³-hybridized carbons (Fsp3) is 0.304. The molecule has 0 radical (unpaired) electrons. The number of rotatable bonds is 2. The number of fused-ring (bicyclic) bond motifs is 2. The van der Waals surface area contributed by atoms with Crippen LogP contribution in [0.25, 0.3) is 0 Å². The molecule has 5 rings (SSSR count). The molecule has 0 spiro atoms. The van der Waals surface area contributed by atoms with Crippen molar-refractivity contribution in [3.05, 3.63) is 75.4 Å². The molecule has 1 aromatic heterocycles. The zero-order valence-corrected chi connectivity index (χ0v) is 18.8. The number of para-hydroxylation sites is 1. The van der Waals surface area contributed by atoms with Gasteiger partial charge in [-0.1, -0.05) is 47.5 Å². The zero-order chi connectivity index (χ0) is 23.3. The van der Waals surface area contributed by atoms with Gasteiger partial charge in [-0.05, 0) is 42.2 Å². The van der Waals surface area contributed by atoms with Crippen LogP contribution >= 0.6 is 23.2 Å². The summed E-state index contributed by atoms with van der Waals surface area (Å²) >= 11 is 12.0. The number of benzene rings is 2. The topological polar surface area (TPSA) is 50.2 Å². The number of aromatic nitrogens is 2. The van der Waals surface area contributed by atoms with Crippen LogP contribution < -0.4 is 10.2 Å². The molecule has 1 N–H and O–H groups in total. The summed E-state index contributed by atoms with van der Waals surface area (Å²) in [6.45, 7) is 0.486. The molecule has 1 amide bonds. The third-order valence-electron chi connectivity index (χ3n) is 6.11. The Morgan fingerprint density at radius 1 is 1.09 bits per heavy atom. The van der Waals surface area contributed by atoms with Crippen molar-refractivity contribution in [2.24, 2.45) is 0 Å². The number of halogens is 5. The molecule has 2 atom stereocenters. The summed E-state index contributed by atoms with van der Waals surface area (Å²) in [5, 5.41) is 7.77. The van der Waals surface area contributed by atoms with Crippen LogP contribution in [0.4, 0.5) is 24.7 Å². The number of aryl methyl sites for hydroxylation is 1. The lowest BCUT2D eigenvalue weighted by Gasteiger charge is -2.33. The van der Waals surface area contributed by atoms with E-state index in [1.165, 1.54) is 6.07 Å². The summed E-state index contributed by atoms with van der Waals surface area (Å²) in [6, 6.07) is 11.1. The Morgan fingerprint density at radius 2 is 1.88 bits per heavy atom. The van der Waals surface area contributed by atoms with Crippen LogP contribution in [-0.4, -0.2) is 28.4 Å². The van der Waals surface area contributed by atoms with E-state index < -0.39 is 24.2 Å². The highest BCUT2D eigenvalue weighted by molar-refractivity contribution is 6.42. The van der Waals surface area contributed by atoms with Crippen molar-refractivity contribution in [1.82, 2.24) is 9.78 Å². The van der Waals surface area contributed by atoms with Crippen molar-refractivity contribution < 1.29 is 18.0 Å². The molecule has 33 heavy (non-hydrogen) atoms. The van der Waals surface area contributed by atoms with E-state index >= 15 is 0 Å². The standard InChI is InChI=1S/C23H19Cl2F3N4O/c24-15-8-7-14(10-16(15)25)17-11-20(23(26,27)28)32-21(29-17)12-18(30-32)22(33)31-9-3-5-13-4-1-2-6-19(13)31/h1-2,4,6-8,10,12,17,20,29H,3,5,9,11H2/t17-,20-/m1/s1. The molecule has 10 heteroatoms. The monoisotopic (exact) mass is 494 g/mol. The molecule has 3 aromatic rings. The zero-order valence-electron chi connectivity index (χ0n) is 17.2. The molecule has 2 aliphatic heterocycles. The van der Waals surface area contributed by atoms with E-state index in [2.05, 4.69) is 10.4 Å². The predicted molar refractivity (Wildman–Crippen MR) is 121 cm³/mol. The first kappa shape index (κ1) is 22.1. The molecular formula is C23H19Cl2F3N4O. The second-order valence-electron chi connectivity index (χ2n) is 8.21. The number of nitrogens with zero attached hydrogens (tertiary/aromatic N) is 3. The maximum atomic E-state index is 14.0. The molecule has 5 nitrogen and oxygen atoms in total. The SMILES string of the molecule is O=C(c1cc2n(n1)[C@@H](C(F)(F)F)C[C@H](c1ccc(Cl)c(Cl)c1)N2)N1CCCc2ccccc21. The number of alkyl halides is 3. The van der Waals surface area contributed by atoms with Gasteiger partial charge in [-0.3, -0.25) is 4.79 Å². The lowest BCUT2D eigenvalue weighted by molar-refractivity contribution is -0.173. The highest BCUT2D eigenvalue weighted by Crippen LogP contribution is 2.44. The molecule has 2 aliphatic rings. The van der Waals surface area contributed by atoms with Gasteiger partial charge in [0, 0.05) is 24.7 Å². The second-order valence-corrected chi connectivity index (χ2v) is 9.03. The van der Waals surface area contributed by atoms with E-state index in [1.54, 1.807) is 23.1 Å². The van der Waals surface area contributed by atoms with Crippen molar-refractivity contribution >= 4 is 40.6 Å². The largest absolute Gasteiger partial charge is 0.410 e. The molecule has 0 saturated carbocycles. The molecule has 0 aliphatic carbocycles. The fourth-order valence-electron chi connectivity index (χ4n) is 4.51. The minimum absolute atomic E-state index is 0.0294. The quantitative estimate of drug-likeness (QED) is 0.445. The van der Waals surface area contributed by atoms with Crippen LogP contribution in [0.1, 0.15) is 46.5 Å². The molecular weight excluding hydrogens is 476 g/mol. The smallest absolute Gasteiger partial charge is 0.363 e. The van der Waals surface area contributed by atoms with Crippen molar-refractivity contribution in [3.63, 3.8) is 0 Å².